The van der Waals surface area contributed by atoms with Crippen LogP contribution in [0.25, 0.3) is 11.3 Å². The fourth-order valence-corrected chi connectivity index (χ4v) is 2.84. The van der Waals surface area contributed by atoms with Crippen molar-refractivity contribution in [3.8, 4) is 22.8 Å². The zero-order valence-corrected chi connectivity index (χ0v) is 14.8. The third-order valence-electron chi connectivity index (χ3n) is 4.27. The molecule has 1 aliphatic heterocycles. The van der Waals surface area contributed by atoms with Crippen molar-refractivity contribution in [2.24, 2.45) is 0 Å². The van der Waals surface area contributed by atoms with E-state index in [4.69, 9.17) is 18.7 Å². The van der Waals surface area contributed by atoms with Gasteiger partial charge in [-0.05, 0) is 32.0 Å². The number of ether oxygens (including phenoxy) is 3. The molecule has 7 nitrogen and oxygen atoms in total. The maximum atomic E-state index is 12.8. The Morgan fingerprint density at radius 2 is 2.04 bits per heavy atom. The monoisotopic (exact) mass is 346 g/mol. The second-order valence-electron chi connectivity index (χ2n) is 6.09. The van der Waals surface area contributed by atoms with Crippen molar-refractivity contribution in [3.05, 3.63) is 30.0 Å². The summed E-state index contributed by atoms with van der Waals surface area (Å²) in [7, 11) is 3.16. The molecular formula is C18H22N2O5. The Morgan fingerprint density at radius 3 is 2.76 bits per heavy atom. The maximum Gasteiger partial charge on any atom is 0.276 e. The van der Waals surface area contributed by atoms with Crippen LogP contribution in [-0.2, 0) is 4.74 Å². The molecule has 0 saturated carbocycles. The van der Waals surface area contributed by atoms with Crippen molar-refractivity contribution in [1.82, 2.24) is 10.1 Å². The third-order valence-corrected chi connectivity index (χ3v) is 4.27. The zero-order chi connectivity index (χ0) is 18.0. The van der Waals surface area contributed by atoms with E-state index in [0.717, 1.165) is 0 Å². The summed E-state index contributed by atoms with van der Waals surface area (Å²) in [6.45, 7) is 4.95. The predicted molar refractivity (Wildman–Crippen MR) is 91.0 cm³/mol. The summed E-state index contributed by atoms with van der Waals surface area (Å²) in [6.07, 6.45) is 0.00463. The number of carbonyl (C=O) groups is 1. The molecule has 2 atom stereocenters. The van der Waals surface area contributed by atoms with E-state index >= 15 is 0 Å². The van der Waals surface area contributed by atoms with Crippen molar-refractivity contribution in [3.63, 3.8) is 0 Å². The van der Waals surface area contributed by atoms with Crippen LogP contribution in [0.15, 0.2) is 28.8 Å². The number of hydrogen-bond acceptors (Lipinski definition) is 6. The number of methoxy groups -OCH3 is 2. The number of aromatic nitrogens is 1. The first kappa shape index (κ1) is 17.3. The van der Waals surface area contributed by atoms with E-state index in [1.165, 1.54) is 0 Å². The molecule has 1 saturated heterocycles. The van der Waals surface area contributed by atoms with Gasteiger partial charge in [0.1, 0.15) is 11.5 Å². The molecule has 7 heteroatoms. The van der Waals surface area contributed by atoms with E-state index in [9.17, 15) is 4.79 Å². The van der Waals surface area contributed by atoms with Crippen LogP contribution >= 0.6 is 0 Å². The molecule has 3 rings (SSSR count). The molecule has 1 fully saturated rings. The zero-order valence-electron chi connectivity index (χ0n) is 14.8. The molecule has 25 heavy (non-hydrogen) atoms. The Bertz CT molecular complexity index is 758. The minimum absolute atomic E-state index is 0.00444. The van der Waals surface area contributed by atoms with Gasteiger partial charge in [-0.2, -0.15) is 0 Å². The van der Waals surface area contributed by atoms with E-state index in [-0.39, 0.29) is 23.7 Å². The number of carbonyl (C=O) groups excluding carboxylic acids is 1. The average Bonchev–Trinajstić information content (AvgIpc) is 3.12. The summed E-state index contributed by atoms with van der Waals surface area (Å²) in [5.41, 5.74) is 0.942. The number of amides is 1. The Balaban J connectivity index is 1.89. The molecule has 1 aliphatic rings. The van der Waals surface area contributed by atoms with Crippen molar-refractivity contribution >= 4 is 5.91 Å². The van der Waals surface area contributed by atoms with Gasteiger partial charge in [0.2, 0.25) is 0 Å². The highest BCUT2D eigenvalue weighted by Gasteiger charge is 2.30. The van der Waals surface area contributed by atoms with E-state index < -0.39 is 0 Å². The molecule has 2 heterocycles. The van der Waals surface area contributed by atoms with Gasteiger partial charge in [-0.25, -0.2) is 0 Å². The number of hydrogen-bond donors (Lipinski definition) is 0. The second kappa shape index (κ2) is 7.14. The summed E-state index contributed by atoms with van der Waals surface area (Å²) < 4.78 is 21.6. The first-order valence-corrected chi connectivity index (χ1v) is 8.15. The fourth-order valence-electron chi connectivity index (χ4n) is 2.84. The topological polar surface area (TPSA) is 74.0 Å². The molecule has 2 aromatic rings. The van der Waals surface area contributed by atoms with Gasteiger partial charge < -0.3 is 23.6 Å². The van der Waals surface area contributed by atoms with E-state index in [1.807, 2.05) is 13.8 Å². The minimum atomic E-state index is -0.167. The Hall–Kier alpha value is -2.54. The minimum Gasteiger partial charge on any atom is -0.497 e. The molecule has 0 N–H and O–H groups in total. The van der Waals surface area contributed by atoms with Crippen LogP contribution in [0.1, 0.15) is 24.3 Å². The maximum absolute atomic E-state index is 12.8. The summed E-state index contributed by atoms with van der Waals surface area (Å²) >= 11 is 0. The van der Waals surface area contributed by atoms with Crippen molar-refractivity contribution in [1.29, 1.82) is 0 Å². The lowest BCUT2D eigenvalue weighted by Gasteiger charge is -2.36. The third kappa shape index (κ3) is 3.46. The SMILES string of the molecule is COc1ccc(OC)c(-c2cc(C(=O)N3C[C@@H](C)OC[C@@H]3C)no2)c1. The lowest BCUT2D eigenvalue weighted by molar-refractivity contribution is -0.0390. The lowest BCUT2D eigenvalue weighted by Crippen LogP contribution is -2.50. The fraction of sp³-hybridized carbons (Fsp3) is 0.444. The van der Waals surface area contributed by atoms with Gasteiger partial charge in [-0.3, -0.25) is 4.79 Å². The van der Waals surface area contributed by atoms with Crippen LogP contribution in [0.3, 0.4) is 0 Å². The molecule has 0 unspecified atom stereocenters. The standard InChI is InChI=1S/C18H22N2O5/c1-11-10-24-12(2)9-20(11)18(21)15-8-17(25-19-15)14-7-13(22-3)5-6-16(14)23-4/h5-8,11-12H,9-10H2,1-4H3/t11-,12+/m0/s1. The van der Waals surface area contributed by atoms with Crippen LogP contribution in [-0.4, -0.2) is 55.5 Å². The normalized spacial score (nSPS) is 20.4. The highest BCUT2D eigenvalue weighted by molar-refractivity contribution is 5.93. The Kier molecular flexibility index (Phi) is 4.94. The number of morpholine rings is 1. The highest BCUT2D eigenvalue weighted by atomic mass is 16.5. The molecule has 0 radical (unpaired) electrons. The summed E-state index contributed by atoms with van der Waals surface area (Å²) in [5, 5.41) is 3.95. The summed E-state index contributed by atoms with van der Waals surface area (Å²) in [6, 6.07) is 6.99. The molecule has 0 aliphatic carbocycles. The van der Waals surface area contributed by atoms with Gasteiger partial charge in [-0.15, -0.1) is 0 Å². The van der Waals surface area contributed by atoms with Crippen LogP contribution in [0.5, 0.6) is 11.5 Å². The smallest absolute Gasteiger partial charge is 0.276 e. The summed E-state index contributed by atoms with van der Waals surface area (Å²) in [4.78, 5) is 14.5. The molecule has 1 amide bonds. The van der Waals surface area contributed by atoms with Crippen LogP contribution in [0.4, 0.5) is 0 Å². The van der Waals surface area contributed by atoms with Crippen LogP contribution < -0.4 is 9.47 Å². The van der Waals surface area contributed by atoms with Crippen molar-refractivity contribution in [2.45, 2.75) is 26.0 Å². The largest absolute Gasteiger partial charge is 0.497 e. The first-order chi connectivity index (χ1) is 12.0. The van der Waals surface area contributed by atoms with Gasteiger partial charge in [0, 0.05) is 12.6 Å². The van der Waals surface area contributed by atoms with Crippen molar-refractivity contribution < 1.29 is 23.5 Å². The molecule has 1 aromatic carbocycles. The first-order valence-electron chi connectivity index (χ1n) is 8.15. The molecule has 0 bridgehead atoms. The lowest BCUT2D eigenvalue weighted by atomic mass is 10.1. The summed E-state index contributed by atoms with van der Waals surface area (Å²) in [5.74, 6) is 1.56. The Labute approximate surface area is 146 Å². The highest BCUT2D eigenvalue weighted by Crippen LogP contribution is 2.34. The van der Waals surface area contributed by atoms with Gasteiger partial charge in [0.05, 0.1) is 38.5 Å². The van der Waals surface area contributed by atoms with Gasteiger partial charge >= 0.3 is 0 Å². The Morgan fingerprint density at radius 1 is 1.24 bits per heavy atom. The molecule has 134 valence electrons. The number of benzene rings is 1. The van der Waals surface area contributed by atoms with E-state index in [2.05, 4.69) is 5.16 Å². The van der Waals surface area contributed by atoms with Crippen molar-refractivity contribution in [2.75, 3.05) is 27.4 Å². The average molecular weight is 346 g/mol. The van der Waals surface area contributed by atoms with Gasteiger partial charge in [0.25, 0.3) is 5.91 Å². The molecule has 1 aromatic heterocycles. The van der Waals surface area contributed by atoms with E-state index in [1.54, 1.807) is 43.4 Å². The van der Waals surface area contributed by atoms with Crippen LogP contribution in [0.2, 0.25) is 0 Å². The number of rotatable bonds is 4. The molecular weight excluding hydrogens is 324 g/mol. The van der Waals surface area contributed by atoms with Gasteiger partial charge in [0.15, 0.2) is 11.5 Å². The quantitative estimate of drug-likeness (QED) is 0.847. The number of nitrogens with zero attached hydrogens (tertiary/aromatic N) is 2. The second-order valence-corrected chi connectivity index (χ2v) is 6.09. The van der Waals surface area contributed by atoms with Gasteiger partial charge in [-0.1, -0.05) is 5.16 Å². The molecule has 0 spiro atoms. The predicted octanol–water partition coefficient (Wildman–Crippen LogP) is 2.61. The van der Waals surface area contributed by atoms with E-state index in [0.29, 0.717) is 36.0 Å². The van der Waals surface area contributed by atoms with Crippen LogP contribution in [0, 0.1) is 0 Å².